The molecule has 0 aliphatic carbocycles. The van der Waals surface area contributed by atoms with Crippen molar-refractivity contribution in [3.63, 3.8) is 0 Å². The number of carbonyl (C=O) groups excluding carboxylic acids is 1. The topological polar surface area (TPSA) is 68.4 Å². The molecule has 27 heavy (non-hydrogen) atoms. The molecule has 6 nitrogen and oxygen atoms in total. The molecule has 0 bridgehead atoms. The smallest absolute Gasteiger partial charge is 0.291 e. The van der Waals surface area contributed by atoms with Crippen LogP contribution in [-0.4, -0.2) is 20.1 Å². The van der Waals surface area contributed by atoms with Gasteiger partial charge in [0.1, 0.15) is 18.4 Å². The van der Waals surface area contributed by atoms with E-state index in [2.05, 4.69) is 23.4 Å². The number of fused-ring (bicyclic) bond motifs is 3. The lowest BCUT2D eigenvalue weighted by molar-refractivity contribution is -0.122. The summed E-state index contributed by atoms with van der Waals surface area (Å²) in [4.78, 5) is 26.4. The van der Waals surface area contributed by atoms with E-state index in [1.165, 1.54) is 9.56 Å². The van der Waals surface area contributed by atoms with Gasteiger partial charge in [0.05, 0.1) is 16.3 Å². The summed E-state index contributed by atoms with van der Waals surface area (Å²) in [6.45, 7) is 3.92. The van der Waals surface area contributed by atoms with Crippen molar-refractivity contribution in [1.29, 1.82) is 0 Å². The van der Waals surface area contributed by atoms with Crippen LogP contribution in [0.25, 0.3) is 15.7 Å². The molecule has 1 atom stereocenters. The van der Waals surface area contributed by atoms with Crippen LogP contribution in [0.4, 0.5) is 0 Å². The predicted molar refractivity (Wildman–Crippen MR) is 107 cm³/mol. The molecule has 7 heteroatoms. The maximum Gasteiger partial charge on any atom is 0.291 e. The van der Waals surface area contributed by atoms with E-state index in [9.17, 15) is 9.59 Å². The molecule has 1 aromatic carbocycles. The Morgan fingerprint density at radius 2 is 2.00 bits per heavy atom. The van der Waals surface area contributed by atoms with E-state index in [1.54, 1.807) is 22.1 Å². The molecule has 3 aromatic heterocycles. The van der Waals surface area contributed by atoms with Gasteiger partial charge in [-0.1, -0.05) is 37.3 Å². The molecule has 0 spiro atoms. The first-order valence-electron chi connectivity index (χ1n) is 8.90. The minimum atomic E-state index is -0.263. The lowest BCUT2D eigenvalue weighted by Crippen LogP contribution is -2.35. The molecule has 0 aliphatic rings. The van der Waals surface area contributed by atoms with Crippen molar-refractivity contribution < 1.29 is 4.79 Å². The monoisotopic (exact) mass is 380 g/mol. The Kier molecular flexibility index (Phi) is 4.53. The highest BCUT2D eigenvalue weighted by molar-refractivity contribution is 7.19. The van der Waals surface area contributed by atoms with Crippen molar-refractivity contribution in [2.45, 2.75) is 32.9 Å². The summed E-state index contributed by atoms with van der Waals surface area (Å²) in [5.41, 5.74) is 2.28. The fourth-order valence-corrected chi connectivity index (χ4v) is 4.21. The maximum absolute atomic E-state index is 12.7. The number of aromatic nitrogens is 3. The summed E-state index contributed by atoms with van der Waals surface area (Å²) < 4.78 is 4.08. The third kappa shape index (κ3) is 3.26. The average molecular weight is 380 g/mol. The molecule has 0 aliphatic heterocycles. The number of hydrogen-bond acceptors (Lipinski definition) is 4. The molecule has 0 unspecified atom stereocenters. The van der Waals surface area contributed by atoms with Gasteiger partial charge in [0.15, 0.2) is 0 Å². The molecule has 0 saturated heterocycles. The molecular formula is C20H20N4O2S. The van der Waals surface area contributed by atoms with Gasteiger partial charge in [-0.25, -0.2) is 4.68 Å². The number of nitrogens with one attached hydrogen (secondary N) is 1. The molecule has 4 aromatic rings. The van der Waals surface area contributed by atoms with Gasteiger partial charge in [-0.3, -0.25) is 14.0 Å². The Morgan fingerprint density at radius 3 is 2.74 bits per heavy atom. The van der Waals surface area contributed by atoms with Crippen LogP contribution < -0.4 is 10.9 Å². The first-order chi connectivity index (χ1) is 13.1. The molecule has 138 valence electrons. The number of rotatable bonds is 5. The highest BCUT2D eigenvalue weighted by atomic mass is 32.1. The van der Waals surface area contributed by atoms with E-state index >= 15 is 0 Å². The van der Waals surface area contributed by atoms with E-state index in [-0.39, 0.29) is 24.1 Å². The lowest BCUT2D eigenvalue weighted by Gasteiger charge is -2.14. The molecule has 4 rings (SSSR count). The summed E-state index contributed by atoms with van der Waals surface area (Å²) in [5, 5.41) is 7.11. The molecule has 1 amide bonds. The maximum atomic E-state index is 12.7. The SMILES string of the molecule is CCc1cc2c(cc3c(=O)n(CC(=O)N[C@@H](C)c4ccccc4)ncn32)s1. The van der Waals surface area contributed by atoms with Gasteiger partial charge >= 0.3 is 0 Å². The van der Waals surface area contributed by atoms with Crippen LogP contribution in [0.1, 0.15) is 30.3 Å². The van der Waals surface area contributed by atoms with Gasteiger partial charge in [-0.2, -0.15) is 5.10 Å². The molecule has 0 saturated carbocycles. The summed E-state index contributed by atoms with van der Waals surface area (Å²) in [5.74, 6) is -0.244. The van der Waals surface area contributed by atoms with E-state index in [1.807, 2.05) is 43.3 Å². The number of carbonyl (C=O) groups is 1. The van der Waals surface area contributed by atoms with Crippen LogP contribution in [0.15, 0.2) is 53.6 Å². The zero-order chi connectivity index (χ0) is 19.0. The number of aryl methyl sites for hydroxylation is 1. The van der Waals surface area contributed by atoms with Crippen molar-refractivity contribution >= 4 is 33.0 Å². The summed E-state index contributed by atoms with van der Waals surface area (Å²) >= 11 is 1.68. The minimum Gasteiger partial charge on any atom is -0.348 e. The van der Waals surface area contributed by atoms with Gasteiger partial charge < -0.3 is 5.32 Å². The molecule has 3 heterocycles. The van der Waals surface area contributed by atoms with Gasteiger partial charge in [0.25, 0.3) is 5.56 Å². The Morgan fingerprint density at radius 1 is 1.22 bits per heavy atom. The zero-order valence-electron chi connectivity index (χ0n) is 15.2. The number of hydrogen-bond donors (Lipinski definition) is 1. The van der Waals surface area contributed by atoms with Crippen molar-refractivity contribution in [2.75, 3.05) is 0 Å². The van der Waals surface area contributed by atoms with Gasteiger partial charge in [0, 0.05) is 4.88 Å². The molecule has 0 radical (unpaired) electrons. The minimum absolute atomic E-state index is 0.106. The van der Waals surface area contributed by atoms with Crippen LogP contribution in [-0.2, 0) is 17.8 Å². The fourth-order valence-electron chi connectivity index (χ4n) is 3.18. The van der Waals surface area contributed by atoms with Crippen LogP contribution in [0.3, 0.4) is 0 Å². The van der Waals surface area contributed by atoms with Crippen LogP contribution in [0.5, 0.6) is 0 Å². The van der Waals surface area contributed by atoms with Crippen molar-refractivity contribution in [1.82, 2.24) is 19.5 Å². The lowest BCUT2D eigenvalue weighted by atomic mass is 10.1. The number of amides is 1. The fraction of sp³-hybridized carbons (Fsp3) is 0.250. The van der Waals surface area contributed by atoms with Crippen LogP contribution >= 0.6 is 11.3 Å². The molecule has 0 fully saturated rings. The molecule has 1 N–H and O–H groups in total. The second-order valence-corrected chi connectivity index (χ2v) is 7.68. The van der Waals surface area contributed by atoms with E-state index in [4.69, 9.17) is 0 Å². The van der Waals surface area contributed by atoms with Crippen LogP contribution in [0, 0.1) is 0 Å². The van der Waals surface area contributed by atoms with Gasteiger partial charge in [-0.15, -0.1) is 11.3 Å². The van der Waals surface area contributed by atoms with Crippen LogP contribution in [0.2, 0.25) is 0 Å². The zero-order valence-corrected chi connectivity index (χ0v) is 16.0. The predicted octanol–water partition coefficient (Wildman–Crippen LogP) is 3.15. The third-order valence-electron chi connectivity index (χ3n) is 4.66. The highest BCUT2D eigenvalue weighted by Gasteiger charge is 2.15. The second kappa shape index (κ2) is 7.00. The standard InChI is InChI=1S/C20H20N4O2S/c1-3-15-9-16-18(27-15)10-17-20(26)24(21-12-23(16)17)11-19(25)22-13(2)14-7-5-4-6-8-14/h4-10,12-13H,3,11H2,1-2H3,(H,22,25)/t13-/m0/s1. The first-order valence-corrected chi connectivity index (χ1v) is 9.72. The summed E-state index contributed by atoms with van der Waals surface area (Å²) in [6, 6.07) is 13.5. The normalized spacial score (nSPS) is 12.5. The Bertz CT molecular complexity index is 1170. The van der Waals surface area contributed by atoms with E-state index in [0.29, 0.717) is 5.52 Å². The number of benzene rings is 1. The quantitative estimate of drug-likeness (QED) is 0.578. The Hall–Kier alpha value is -2.93. The van der Waals surface area contributed by atoms with Crippen molar-refractivity contribution in [3.05, 3.63) is 69.6 Å². The van der Waals surface area contributed by atoms with E-state index < -0.39 is 0 Å². The second-order valence-electron chi connectivity index (χ2n) is 6.51. The summed E-state index contributed by atoms with van der Waals surface area (Å²) in [6.07, 6.45) is 2.57. The average Bonchev–Trinajstić information content (AvgIpc) is 3.23. The van der Waals surface area contributed by atoms with Gasteiger partial charge in [0.2, 0.25) is 5.91 Å². The highest BCUT2D eigenvalue weighted by Crippen LogP contribution is 2.28. The number of thiophene rings is 1. The first kappa shape index (κ1) is 17.5. The third-order valence-corrected chi connectivity index (χ3v) is 5.87. The van der Waals surface area contributed by atoms with Crippen molar-refractivity contribution in [3.8, 4) is 0 Å². The molecular weight excluding hydrogens is 360 g/mol. The van der Waals surface area contributed by atoms with Crippen molar-refractivity contribution in [2.24, 2.45) is 0 Å². The largest absolute Gasteiger partial charge is 0.348 e. The number of nitrogens with zero attached hydrogens (tertiary/aromatic N) is 3. The van der Waals surface area contributed by atoms with E-state index in [0.717, 1.165) is 22.2 Å². The summed E-state index contributed by atoms with van der Waals surface area (Å²) in [7, 11) is 0. The van der Waals surface area contributed by atoms with Gasteiger partial charge in [-0.05, 0) is 31.0 Å². The Labute approximate surface area is 160 Å². The Balaban J connectivity index is 1.57.